The SMILES string of the molecule is CCOc1ccccc1N1CC[NH+](Cc2cc(Br)ccc2OC)CC1. The van der Waals surface area contributed by atoms with E-state index in [0.29, 0.717) is 6.61 Å². The lowest BCUT2D eigenvalue weighted by molar-refractivity contribution is -0.914. The molecule has 3 rings (SSSR count). The van der Waals surface area contributed by atoms with Crippen LogP contribution in [0, 0.1) is 0 Å². The molecule has 0 amide bonds. The first-order valence-electron chi connectivity index (χ1n) is 8.84. The molecule has 0 spiro atoms. The maximum atomic E-state index is 5.79. The second kappa shape index (κ2) is 8.59. The first kappa shape index (κ1) is 18.1. The van der Waals surface area contributed by atoms with Crippen molar-refractivity contribution >= 4 is 21.6 Å². The maximum absolute atomic E-state index is 5.79. The predicted octanol–water partition coefficient (Wildman–Crippen LogP) is 2.76. The number of rotatable bonds is 6. The van der Waals surface area contributed by atoms with Gasteiger partial charge in [0.2, 0.25) is 0 Å². The number of nitrogens with zero attached hydrogens (tertiary/aromatic N) is 1. The maximum Gasteiger partial charge on any atom is 0.142 e. The Balaban J connectivity index is 1.64. The van der Waals surface area contributed by atoms with Crippen LogP contribution in [0.5, 0.6) is 11.5 Å². The monoisotopic (exact) mass is 405 g/mol. The van der Waals surface area contributed by atoms with Gasteiger partial charge >= 0.3 is 0 Å². The molecule has 0 aliphatic carbocycles. The minimum Gasteiger partial charge on any atom is -0.496 e. The highest BCUT2D eigenvalue weighted by Crippen LogP contribution is 2.28. The summed E-state index contributed by atoms with van der Waals surface area (Å²) in [5.74, 6) is 1.96. The summed E-state index contributed by atoms with van der Waals surface area (Å²) in [6, 6.07) is 14.6. The predicted molar refractivity (Wildman–Crippen MR) is 105 cm³/mol. The molecule has 1 N–H and O–H groups in total. The molecule has 5 heteroatoms. The van der Waals surface area contributed by atoms with Crippen molar-refractivity contribution < 1.29 is 14.4 Å². The summed E-state index contributed by atoms with van der Waals surface area (Å²) in [5.41, 5.74) is 2.47. The third-order valence-electron chi connectivity index (χ3n) is 4.66. The molecule has 1 aliphatic rings. The van der Waals surface area contributed by atoms with Gasteiger partial charge in [-0.15, -0.1) is 0 Å². The van der Waals surface area contributed by atoms with E-state index in [9.17, 15) is 0 Å². The van der Waals surface area contributed by atoms with E-state index in [4.69, 9.17) is 9.47 Å². The van der Waals surface area contributed by atoms with Crippen LogP contribution in [-0.2, 0) is 6.54 Å². The fourth-order valence-electron chi connectivity index (χ4n) is 3.39. The fourth-order valence-corrected chi connectivity index (χ4v) is 3.80. The number of hydrogen-bond acceptors (Lipinski definition) is 3. The highest BCUT2D eigenvalue weighted by atomic mass is 79.9. The summed E-state index contributed by atoms with van der Waals surface area (Å²) in [6.07, 6.45) is 0. The van der Waals surface area contributed by atoms with Crippen molar-refractivity contribution in [2.24, 2.45) is 0 Å². The lowest BCUT2D eigenvalue weighted by atomic mass is 10.1. The van der Waals surface area contributed by atoms with Crippen molar-refractivity contribution in [3.05, 3.63) is 52.5 Å². The Hall–Kier alpha value is -1.72. The van der Waals surface area contributed by atoms with E-state index < -0.39 is 0 Å². The lowest BCUT2D eigenvalue weighted by Crippen LogP contribution is -3.13. The second-order valence-corrected chi connectivity index (χ2v) is 7.19. The van der Waals surface area contributed by atoms with E-state index in [1.807, 2.05) is 25.1 Å². The zero-order chi connectivity index (χ0) is 17.6. The van der Waals surface area contributed by atoms with E-state index in [1.165, 1.54) is 11.3 Å². The number of hydrogen-bond donors (Lipinski definition) is 1. The van der Waals surface area contributed by atoms with Crippen molar-refractivity contribution in [1.82, 2.24) is 0 Å². The topological polar surface area (TPSA) is 26.1 Å². The Bertz CT molecular complexity index is 700. The van der Waals surface area contributed by atoms with E-state index in [-0.39, 0.29) is 0 Å². The van der Waals surface area contributed by atoms with Crippen molar-refractivity contribution in [2.75, 3.05) is 44.8 Å². The number of piperazine rings is 1. The third-order valence-corrected chi connectivity index (χ3v) is 5.15. The Morgan fingerprint density at radius 1 is 1.08 bits per heavy atom. The van der Waals surface area contributed by atoms with Crippen LogP contribution in [0.4, 0.5) is 5.69 Å². The van der Waals surface area contributed by atoms with Gasteiger partial charge in [-0.1, -0.05) is 28.1 Å². The molecule has 0 saturated carbocycles. The van der Waals surface area contributed by atoms with Crippen molar-refractivity contribution in [1.29, 1.82) is 0 Å². The van der Waals surface area contributed by atoms with Gasteiger partial charge < -0.3 is 19.3 Å². The van der Waals surface area contributed by atoms with Gasteiger partial charge in [0.25, 0.3) is 0 Å². The first-order valence-corrected chi connectivity index (χ1v) is 9.63. The molecule has 2 aromatic rings. The highest BCUT2D eigenvalue weighted by Gasteiger charge is 2.23. The molecular formula is C20H26BrN2O2+. The molecule has 1 aliphatic heterocycles. The minimum absolute atomic E-state index is 0.699. The standard InChI is InChI=1S/C20H25BrN2O2/c1-3-25-20-7-5-4-6-18(20)23-12-10-22(11-13-23)15-16-14-17(21)8-9-19(16)24-2/h4-9,14H,3,10-13,15H2,1-2H3/p+1. The van der Waals surface area contributed by atoms with Gasteiger partial charge in [-0.2, -0.15) is 0 Å². The van der Waals surface area contributed by atoms with Crippen LogP contribution in [0.2, 0.25) is 0 Å². The van der Waals surface area contributed by atoms with Gasteiger partial charge in [0, 0.05) is 10.0 Å². The van der Waals surface area contributed by atoms with Crippen LogP contribution in [0.3, 0.4) is 0 Å². The fraction of sp³-hybridized carbons (Fsp3) is 0.400. The van der Waals surface area contributed by atoms with Crippen molar-refractivity contribution in [3.63, 3.8) is 0 Å². The number of halogens is 1. The van der Waals surface area contributed by atoms with E-state index >= 15 is 0 Å². The van der Waals surface area contributed by atoms with E-state index in [2.05, 4.69) is 45.1 Å². The average Bonchev–Trinajstić information content (AvgIpc) is 2.63. The van der Waals surface area contributed by atoms with Crippen LogP contribution in [-0.4, -0.2) is 39.9 Å². The van der Waals surface area contributed by atoms with Gasteiger partial charge in [0.15, 0.2) is 0 Å². The number of anilines is 1. The Kier molecular flexibility index (Phi) is 6.21. The van der Waals surface area contributed by atoms with Crippen LogP contribution >= 0.6 is 15.9 Å². The Morgan fingerprint density at radius 2 is 1.84 bits per heavy atom. The molecule has 134 valence electrons. The second-order valence-electron chi connectivity index (χ2n) is 6.27. The van der Waals surface area contributed by atoms with E-state index in [0.717, 1.165) is 48.7 Å². The highest BCUT2D eigenvalue weighted by molar-refractivity contribution is 9.10. The van der Waals surface area contributed by atoms with Gasteiger partial charge in [-0.3, -0.25) is 0 Å². The summed E-state index contributed by atoms with van der Waals surface area (Å²) < 4.78 is 12.4. The van der Waals surface area contributed by atoms with Crippen LogP contribution < -0.4 is 19.3 Å². The van der Waals surface area contributed by atoms with Crippen molar-refractivity contribution in [3.8, 4) is 11.5 Å². The number of benzene rings is 2. The van der Waals surface area contributed by atoms with Crippen LogP contribution in [0.25, 0.3) is 0 Å². The summed E-state index contributed by atoms with van der Waals surface area (Å²) in [6.45, 7) is 8.01. The summed E-state index contributed by atoms with van der Waals surface area (Å²) in [5, 5.41) is 0. The summed E-state index contributed by atoms with van der Waals surface area (Å²) in [7, 11) is 1.74. The Labute approximate surface area is 158 Å². The first-order chi connectivity index (χ1) is 12.2. The van der Waals surface area contributed by atoms with Crippen LogP contribution in [0.15, 0.2) is 46.9 Å². The zero-order valence-corrected chi connectivity index (χ0v) is 16.5. The smallest absolute Gasteiger partial charge is 0.142 e. The molecule has 1 saturated heterocycles. The van der Waals surface area contributed by atoms with Gasteiger partial charge in [0.05, 0.1) is 45.6 Å². The molecule has 0 radical (unpaired) electrons. The quantitative estimate of drug-likeness (QED) is 0.799. The molecule has 2 aromatic carbocycles. The molecule has 0 unspecified atom stereocenters. The molecule has 4 nitrogen and oxygen atoms in total. The summed E-state index contributed by atoms with van der Waals surface area (Å²) >= 11 is 3.57. The third kappa shape index (κ3) is 4.47. The van der Waals surface area contributed by atoms with Gasteiger partial charge in [0.1, 0.15) is 18.0 Å². The molecule has 0 bridgehead atoms. The van der Waals surface area contributed by atoms with Gasteiger partial charge in [-0.05, 0) is 37.3 Å². The number of quaternary nitrogens is 1. The normalized spacial score (nSPS) is 15.2. The molecular weight excluding hydrogens is 380 g/mol. The molecule has 0 aromatic heterocycles. The Morgan fingerprint density at radius 3 is 2.56 bits per heavy atom. The average molecular weight is 406 g/mol. The lowest BCUT2D eigenvalue weighted by Gasteiger charge is -2.34. The molecule has 0 atom stereocenters. The summed E-state index contributed by atoms with van der Waals surface area (Å²) in [4.78, 5) is 4.02. The number of para-hydroxylation sites is 2. The zero-order valence-electron chi connectivity index (χ0n) is 14.9. The van der Waals surface area contributed by atoms with E-state index in [1.54, 1.807) is 12.0 Å². The molecule has 1 fully saturated rings. The van der Waals surface area contributed by atoms with Crippen molar-refractivity contribution in [2.45, 2.75) is 13.5 Å². The minimum atomic E-state index is 0.699. The molecule has 25 heavy (non-hydrogen) atoms. The number of ether oxygens (including phenoxy) is 2. The molecule has 1 heterocycles. The largest absolute Gasteiger partial charge is 0.496 e. The number of nitrogens with one attached hydrogen (secondary N) is 1. The number of methoxy groups -OCH3 is 1. The van der Waals surface area contributed by atoms with Gasteiger partial charge in [-0.25, -0.2) is 0 Å². The van der Waals surface area contributed by atoms with Crippen LogP contribution in [0.1, 0.15) is 12.5 Å².